The minimum Gasteiger partial charge on any atom is -0.308 e. The van der Waals surface area contributed by atoms with Crippen molar-refractivity contribution < 1.29 is 0 Å². The molecule has 116 valence electrons. The maximum absolute atomic E-state index is 4.55. The van der Waals surface area contributed by atoms with Crippen LogP contribution in [0, 0.1) is 5.92 Å². The van der Waals surface area contributed by atoms with Crippen LogP contribution in [0.15, 0.2) is 23.7 Å². The second-order valence-corrected chi connectivity index (χ2v) is 7.50. The summed E-state index contributed by atoms with van der Waals surface area (Å²) in [5.41, 5.74) is 2.38. The van der Waals surface area contributed by atoms with Gasteiger partial charge in [0.2, 0.25) is 0 Å². The molecule has 0 bridgehead atoms. The Labute approximate surface area is 132 Å². The summed E-state index contributed by atoms with van der Waals surface area (Å²) in [6.07, 6.45) is 3.20. The average Bonchev–Trinajstić information content (AvgIpc) is 2.83. The van der Waals surface area contributed by atoms with E-state index in [-0.39, 0.29) is 0 Å². The van der Waals surface area contributed by atoms with Crippen LogP contribution in [0.4, 0.5) is 0 Å². The Bertz CT molecular complexity index is 552. The summed E-state index contributed by atoms with van der Waals surface area (Å²) in [6.45, 7) is 7.87. The standard InChI is InChI=1S/C17H27N3S/c1-12(2)8-15(11-20(4)5)19-13(3)14-9-17-16(18-10-14)6-7-21-17/h6-7,9-10,12-13,15,19H,8,11H2,1-5H3. The summed E-state index contributed by atoms with van der Waals surface area (Å²) in [4.78, 5) is 6.81. The number of thiophene rings is 1. The highest BCUT2D eigenvalue weighted by atomic mass is 32.1. The lowest BCUT2D eigenvalue weighted by Crippen LogP contribution is -2.40. The zero-order chi connectivity index (χ0) is 15.4. The fourth-order valence-corrected chi connectivity index (χ4v) is 3.54. The Hall–Kier alpha value is -0.970. The van der Waals surface area contributed by atoms with Crippen LogP contribution in [0.5, 0.6) is 0 Å². The number of hydrogen-bond donors (Lipinski definition) is 1. The lowest BCUT2D eigenvalue weighted by molar-refractivity contribution is 0.291. The highest BCUT2D eigenvalue weighted by Gasteiger charge is 2.16. The van der Waals surface area contributed by atoms with Crippen LogP contribution in [0.25, 0.3) is 10.2 Å². The quantitative estimate of drug-likeness (QED) is 0.840. The summed E-state index contributed by atoms with van der Waals surface area (Å²) in [6, 6.07) is 5.18. The first-order chi connectivity index (χ1) is 9.95. The molecule has 2 aromatic rings. The fourth-order valence-electron chi connectivity index (χ4n) is 2.75. The largest absolute Gasteiger partial charge is 0.308 e. The van der Waals surface area contributed by atoms with Gasteiger partial charge in [0.1, 0.15) is 0 Å². The van der Waals surface area contributed by atoms with Crippen molar-refractivity contribution in [1.29, 1.82) is 0 Å². The Morgan fingerprint density at radius 1 is 1.29 bits per heavy atom. The Morgan fingerprint density at radius 2 is 2.05 bits per heavy atom. The van der Waals surface area contributed by atoms with Gasteiger partial charge in [-0.3, -0.25) is 4.98 Å². The molecule has 0 aliphatic heterocycles. The first-order valence-corrected chi connectivity index (χ1v) is 8.57. The van der Waals surface area contributed by atoms with Crippen LogP contribution in [0.3, 0.4) is 0 Å². The van der Waals surface area contributed by atoms with Crippen molar-refractivity contribution in [2.45, 2.75) is 39.3 Å². The number of hydrogen-bond acceptors (Lipinski definition) is 4. The number of aromatic nitrogens is 1. The highest BCUT2D eigenvalue weighted by molar-refractivity contribution is 7.17. The van der Waals surface area contributed by atoms with Crippen molar-refractivity contribution in [3.05, 3.63) is 29.3 Å². The summed E-state index contributed by atoms with van der Waals surface area (Å²) in [5.74, 6) is 0.701. The average molecular weight is 305 g/mol. The van der Waals surface area contributed by atoms with Crippen molar-refractivity contribution in [3.8, 4) is 0 Å². The van der Waals surface area contributed by atoms with Crippen LogP contribution in [0.2, 0.25) is 0 Å². The summed E-state index contributed by atoms with van der Waals surface area (Å²) in [5, 5.41) is 5.88. The lowest BCUT2D eigenvalue weighted by atomic mass is 10.0. The molecule has 2 rings (SSSR count). The third-order valence-corrected chi connectivity index (χ3v) is 4.50. The van der Waals surface area contributed by atoms with E-state index in [0.29, 0.717) is 18.0 Å². The molecular formula is C17H27N3S. The fraction of sp³-hybridized carbons (Fsp3) is 0.588. The van der Waals surface area contributed by atoms with E-state index < -0.39 is 0 Å². The van der Waals surface area contributed by atoms with Gasteiger partial charge < -0.3 is 10.2 Å². The number of likely N-dealkylation sites (N-methyl/N-ethyl adjacent to an activating group) is 1. The number of pyridine rings is 1. The molecule has 2 aromatic heterocycles. The number of nitrogens with zero attached hydrogens (tertiary/aromatic N) is 2. The molecule has 0 amide bonds. The molecule has 0 saturated heterocycles. The van der Waals surface area contributed by atoms with Gasteiger partial charge >= 0.3 is 0 Å². The van der Waals surface area contributed by atoms with E-state index >= 15 is 0 Å². The third kappa shape index (κ3) is 4.77. The summed E-state index contributed by atoms with van der Waals surface area (Å²) in [7, 11) is 4.28. The van der Waals surface area contributed by atoms with Crippen LogP contribution in [-0.2, 0) is 0 Å². The molecule has 1 N–H and O–H groups in total. The number of nitrogens with one attached hydrogen (secondary N) is 1. The molecule has 2 unspecified atom stereocenters. The molecule has 2 heterocycles. The molecule has 0 radical (unpaired) electrons. The topological polar surface area (TPSA) is 28.2 Å². The molecule has 0 aromatic carbocycles. The summed E-state index contributed by atoms with van der Waals surface area (Å²) >= 11 is 1.76. The Morgan fingerprint density at radius 3 is 2.71 bits per heavy atom. The Balaban J connectivity index is 2.07. The molecule has 0 aliphatic carbocycles. The maximum atomic E-state index is 4.55. The van der Waals surface area contributed by atoms with Gasteiger partial charge in [-0.2, -0.15) is 0 Å². The van der Waals surface area contributed by atoms with E-state index in [4.69, 9.17) is 0 Å². The summed E-state index contributed by atoms with van der Waals surface area (Å²) < 4.78 is 1.27. The predicted molar refractivity (Wildman–Crippen MR) is 93.0 cm³/mol. The minimum atomic E-state index is 0.327. The van der Waals surface area contributed by atoms with Crippen LogP contribution >= 0.6 is 11.3 Å². The molecule has 3 nitrogen and oxygen atoms in total. The number of fused-ring (bicyclic) bond motifs is 1. The van der Waals surface area contributed by atoms with Crippen molar-refractivity contribution >= 4 is 21.6 Å². The SMILES string of the molecule is CC(C)CC(CN(C)C)NC(C)c1cnc2ccsc2c1. The monoisotopic (exact) mass is 305 g/mol. The molecule has 0 fully saturated rings. The zero-order valence-electron chi connectivity index (χ0n) is 13.8. The van der Waals surface area contributed by atoms with Gasteiger partial charge in [-0.15, -0.1) is 11.3 Å². The van der Waals surface area contributed by atoms with E-state index in [2.05, 4.69) is 67.6 Å². The van der Waals surface area contributed by atoms with E-state index in [0.717, 1.165) is 12.1 Å². The molecule has 21 heavy (non-hydrogen) atoms. The molecule has 2 atom stereocenters. The molecule has 4 heteroatoms. The Kier molecular flexibility index (Phi) is 5.73. The second-order valence-electron chi connectivity index (χ2n) is 6.55. The first-order valence-electron chi connectivity index (χ1n) is 7.69. The van der Waals surface area contributed by atoms with Crippen molar-refractivity contribution in [2.75, 3.05) is 20.6 Å². The van der Waals surface area contributed by atoms with Crippen molar-refractivity contribution in [1.82, 2.24) is 15.2 Å². The maximum Gasteiger partial charge on any atom is 0.0809 e. The van der Waals surface area contributed by atoms with E-state index in [1.807, 2.05) is 6.20 Å². The van der Waals surface area contributed by atoms with E-state index in [1.54, 1.807) is 11.3 Å². The van der Waals surface area contributed by atoms with Gasteiger partial charge in [0.15, 0.2) is 0 Å². The van der Waals surface area contributed by atoms with E-state index in [1.165, 1.54) is 16.7 Å². The number of rotatable bonds is 7. The van der Waals surface area contributed by atoms with Gasteiger partial charge in [0.05, 0.1) is 10.2 Å². The predicted octanol–water partition coefficient (Wildman–Crippen LogP) is 3.92. The highest BCUT2D eigenvalue weighted by Crippen LogP contribution is 2.23. The smallest absolute Gasteiger partial charge is 0.0809 e. The van der Waals surface area contributed by atoms with Gasteiger partial charge in [-0.05, 0) is 56.4 Å². The third-order valence-electron chi connectivity index (χ3n) is 3.65. The minimum absolute atomic E-state index is 0.327. The lowest BCUT2D eigenvalue weighted by Gasteiger charge is -2.27. The van der Waals surface area contributed by atoms with E-state index in [9.17, 15) is 0 Å². The first kappa shape index (κ1) is 16.4. The normalized spacial score (nSPS) is 15.0. The van der Waals surface area contributed by atoms with Gasteiger partial charge in [0, 0.05) is 24.8 Å². The second kappa shape index (κ2) is 7.34. The van der Waals surface area contributed by atoms with Crippen LogP contribution in [0.1, 0.15) is 38.8 Å². The van der Waals surface area contributed by atoms with Crippen molar-refractivity contribution in [3.63, 3.8) is 0 Å². The van der Waals surface area contributed by atoms with Crippen LogP contribution in [-0.4, -0.2) is 36.6 Å². The molecule has 0 saturated carbocycles. The van der Waals surface area contributed by atoms with Gasteiger partial charge in [-0.1, -0.05) is 13.8 Å². The van der Waals surface area contributed by atoms with Crippen LogP contribution < -0.4 is 5.32 Å². The zero-order valence-corrected chi connectivity index (χ0v) is 14.6. The molecular weight excluding hydrogens is 278 g/mol. The van der Waals surface area contributed by atoms with Gasteiger partial charge in [0.25, 0.3) is 0 Å². The molecule has 0 spiro atoms. The van der Waals surface area contributed by atoms with Crippen molar-refractivity contribution in [2.24, 2.45) is 5.92 Å². The molecule has 0 aliphatic rings. The van der Waals surface area contributed by atoms with Gasteiger partial charge in [-0.25, -0.2) is 0 Å².